The minimum atomic E-state index is -0.666. The Labute approximate surface area is 133 Å². The number of piperidine rings is 1. The highest BCUT2D eigenvalue weighted by Crippen LogP contribution is 2.29. The number of nitrogens with zero attached hydrogens (tertiary/aromatic N) is 2. The molecule has 2 heterocycles. The zero-order valence-corrected chi connectivity index (χ0v) is 12.9. The summed E-state index contributed by atoms with van der Waals surface area (Å²) in [5, 5.41) is 12.1. The van der Waals surface area contributed by atoms with Crippen LogP contribution in [0, 0.1) is 11.6 Å². The minimum absolute atomic E-state index is 0.0195. The van der Waals surface area contributed by atoms with Gasteiger partial charge in [-0.05, 0) is 37.8 Å². The van der Waals surface area contributed by atoms with Gasteiger partial charge in [-0.25, -0.2) is 13.6 Å². The molecule has 126 valence electrons. The van der Waals surface area contributed by atoms with Crippen LogP contribution in [0.1, 0.15) is 25.7 Å². The van der Waals surface area contributed by atoms with Crippen molar-refractivity contribution in [2.45, 2.75) is 31.8 Å². The molecule has 1 atom stereocenters. The van der Waals surface area contributed by atoms with Crippen molar-refractivity contribution in [3.63, 3.8) is 0 Å². The molecule has 0 unspecified atom stereocenters. The number of hydrogen-bond acceptors (Lipinski definition) is 3. The number of likely N-dealkylation sites (tertiary alicyclic amines) is 1. The highest BCUT2D eigenvalue weighted by Gasteiger charge is 2.24. The van der Waals surface area contributed by atoms with E-state index in [1.54, 1.807) is 4.90 Å². The van der Waals surface area contributed by atoms with E-state index in [0.717, 1.165) is 25.0 Å². The second kappa shape index (κ2) is 6.70. The Balaban J connectivity index is 1.72. The third kappa shape index (κ3) is 3.55. The summed E-state index contributed by atoms with van der Waals surface area (Å²) in [5.74, 6) is -1.33. The molecule has 2 saturated heterocycles. The molecule has 2 amide bonds. The van der Waals surface area contributed by atoms with Gasteiger partial charge < -0.3 is 20.2 Å². The van der Waals surface area contributed by atoms with Crippen LogP contribution in [0.4, 0.5) is 25.0 Å². The Hall–Kier alpha value is -1.89. The molecule has 5 nitrogen and oxygen atoms in total. The normalized spacial score (nSPS) is 21.6. The number of β-amino-alcohol motifs (C(OH)–C–C–N with tert-alkyl or cyclic N) is 1. The number of aliphatic hydroxyl groups is 1. The van der Waals surface area contributed by atoms with Gasteiger partial charge in [0, 0.05) is 31.9 Å². The molecule has 0 spiro atoms. The van der Waals surface area contributed by atoms with Crippen LogP contribution in [-0.2, 0) is 0 Å². The van der Waals surface area contributed by atoms with E-state index in [9.17, 15) is 18.7 Å². The Morgan fingerprint density at radius 3 is 2.39 bits per heavy atom. The second-order valence-electron chi connectivity index (χ2n) is 6.15. The zero-order chi connectivity index (χ0) is 16.4. The summed E-state index contributed by atoms with van der Waals surface area (Å²) in [7, 11) is 0. The summed E-state index contributed by atoms with van der Waals surface area (Å²) in [4.78, 5) is 15.3. The number of nitrogens with one attached hydrogen (secondary N) is 1. The number of urea groups is 1. The van der Waals surface area contributed by atoms with Gasteiger partial charge in [0.1, 0.15) is 5.69 Å². The van der Waals surface area contributed by atoms with Crippen molar-refractivity contribution in [2.24, 2.45) is 0 Å². The van der Waals surface area contributed by atoms with Crippen molar-refractivity contribution < 1.29 is 18.7 Å². The molecule has 0 saturated carbocycles. The predicted molar refractivity (Wildman–Crippen MR) is 83.6 cm³/mol. The summed E-state index contributed by atoms with van der Waals surface area (Å²) in [5.41, 5.74) is 0.0712. The first-order valence-electron chi connectivity index (χ1n) is 8.02. The maximum Gasteiger partial charge on any atom is 0.321 e. The van der Waals surface area contributed by atoms with Gasteiger partial charge in [0.15, 0.2) is 11.6 Å². The van der Waals surface area contributed by atoms with E-state index in [1.165, 1.54) is 4.90 Å². The quantitative estimate of drug-likeness (QED) is 0.879. The van der Waals surface area contributed by atoms with Crippen LogP contribution >= 0.6 is 0 Å². The van der Waals surface area contributed by atoms with Gasteiger partial charge in [0.2, 0.25) is 0 Å². The highest BCUT2D eigenvalue weighted by atomic mass is 19.1. The van der Waals surface area contributed by atoms with Crippen molar-refractivity contribution in [1.82, 2.24) is 4.90 Å². The van der Waals surface area contributed by atoms with Gasteiger partial charge in [-0.2, -0.15) is 0 Å². The molecule has 3 rings (SSSR count). The SMILES string of the molecule is O=C(Nc1cc(F)c(N2CCCC2)c(F)c1)N1CCC[C@@H](O)C1. The van der Waals surface area contributed by atoms with Crippen molar-refractivity contribution in [2.75, 3.05) is 36.4 Å². The van der Waals surface area contributed by atoms with E-state index < -0.39 is 23.8 Å². The van der Waals surface area contributed by atoms with Crippen LogP contribution in [0.5, 0.6) is 0 Å². The Morgan fingerprint density at radius 1 is 1.13 bits per heavy atom. The molecule has 2 aliphatic rings. The standard InChI is InChI=1S/C16H21F2N3O2/c17-13-8-11(9-14(18)15(13)20-5-1-2-6-20)19-16(23)21-7-3-4-12(22)10-21/h8-9,12,22H,1-7,10H2,(H,19,23)/t12-/m1/s1. The van der Waals surface area contributed by atoms with E-state index in [0.29, 0.717) is 32.5 Å². The van der Waals surface area contributed by atoms with E-state index >= 15 is 0 Å². The van der Waals surface area contributed by atoms with Crippen LogP contribution in [0.3, 0.4) is 0 Å². The Kier molecular flexibility index (Phi) is 4.66. The number of rotatable bonds is 2. The van der Waals surface area contributed by atoms with Crippen molar-refractivity contribution in [3.05, 3.63) is 23.8 Å². The fourth-order valence-corrected chi connectivity index (χ4v) is 3.22. The predicted octanol–water partition coefficient (Wildman–Crippen LogP) is 2.55. The van der Waals surface area contributed by atoms with E-state index in [4.69, 9.17) is 0 Å². The number of carbonyl (C=O) groups is 1. The molecule has 2 aliphatic heterocycles. The monoisotopic (exact) mass is 325 g/mol. The summed E-state index contributed by atoms with van der Waals surface area (Å²) >= 11 is 0. The molecule has 2 fully saturated rings. The second-order valence-corrected chi connectivity index (χ2v) is 6.15. The van der Waals surface area contributed by atoms with Gasteiger partial charge in [-0.1, -0.05) is 0 Å². The van der Waals surface area contributed by atoms with Gasteiger partial charge in [-0.15, -0.1) is 0 Å². The van der Waals surface area contributed by atoms with Crippen LogP contribution in [0.15, 0.2) is 12.1 Å². The summed E-state index contributed by atoms with van der Waals surface area (Å²) < 4.78 is 28.5. The molecule has 1 aromatic carbocycles. The van der Waals surface area contributed by atoms with E-state index in [2.05, 4.69) is 5.32 Å². The number of halogens is 2. The fourth-order valence-electron chi connectivity index (χ4n) is 3.22. The molecule has 0 radical (unpaired) electrons. The van der Waals surface area contributed by atoms with Crippen LogP contribution in [-0.4, -0.2) is 48.3 Å². The van der Waals surface area contributed by atoms with E-state index in [1.807, 2.05) is 0 Å². The zero-order valence-electron chi connectivity index (χ0n) is 12.9. The first-order valence-corrected chi connectivity index (χ1v) is 8.02. The summed E-state index contributed by atoms with van der Waals surface area (Å²) in [6.45, 7) is 2.05. The van der Waals surface area contributed by atoms with Crippen molar-refractivity contribution in [3.8, 4) is 0 Å². The molecule has 0 aliphatic carbocycles. The number of anilines is 2. The fraction of sp³-hybridized carbons (Fsp3) is 0.562. The lowest BCUT2D eigenvalue weighted by Crippen LogP contribution is -2.44. The lowest BCUT2D eigenvalue weighted by Gasteiger charge is -2.30. The van der Waals surface area contributed by atoms with Crippen LogP contribution in [0.2, 0.25) is 0 Å². The average Bonchev–Trinajstić information content (AvgIpc) is 3.00. The molecule has 1 aromatic rings. The average molecular weight is 325 g/mol. The van der Waals surface area contributed by atoms with Crippen LogP contribution in [0.25, 0.3) is 0 Å². The molecular weight excluding hydrogens is 304 g/mol. The number of aliphatic hydroxyl groups excluding tert-OH is 1. The first-order chi connectivity index (χ1) is 11.0. The smallest absolute Gasteiger partial charge is 0.321 e. The largest absolute Gasteiger partial charge is 0.391 e. The molecule has 23 heavy (non-hydrogen) atoms. The topological polar surface area (TPSA) is 55.8 Å². The van der Waals surface area contributed by atoms with Crippen molar-refractivity contribution >= 4 is 17.4 Å². The van der Waals surface area contributed by atoms with Gasteiger partial charge in [-0.3, -0.25) is 0 Å². The maximum absolute atomic E-state index is 14.2. The number of benzene rings is 1. The lowest BCUT2D eigenvalue weighted by molar-refractivity contribution is 0.0883. The number of carbonyl (C=O) groups excluding carboxylic acids is 1. The van der Waals surface area contributed by atoms with Gasteiger partial charge in [0.25, 0.3) is 0 Å². The van der Waals surface area contributed by atoms with Crippen molar-refractivity contribution in [1.29, 1.82) is 0 Å². The minimum Gasteiger partial charge on any atom is -0.391 e. The molecule has 0 bridgehead atoms. The lowest BCUT2D eigenvalue weighted by atomic mass is 10.1. The number of hydrogen-bond donors (Lipinski definition) is 2. The molecule has 0 aromatic heterocycles. The summed E-state index contributed by atoms with van der Waals surface area (Å²) in [6.07, 6.45) is 2.69. The Bertz CT molecular complexity index is 568. The number of amides is 2. The third-order valence-electron chi connectivity index (χ3n) is 4.37. The Morgan fingerprint density at radius 2 is 1.78 bits per heavy atom. The third-order valence-corrected chi connectivity index (χ3v) is 4.37. The first kappa shape index (κ1) is 16.0. The molecule has 2 N–H and O–H groups in total. The van der Waals surface area contributed by atoms with Gasteiger partial charge >= 0.3 is 6.03 Å². The molecule has 7 heteroatoms. The molecular formula is C16H21F2N3O2. The maximum atomic E-state index is 14.2. The van der Waals surface area contributed by atoms with Crippen LogP contribution < -0.4 is 10.2 Å². The van der Waals surface area contributed by atoms with E-state index in [-0.39, 0.29) is 17.9 Å². The highest BCUT2D eigenvalue weighted by molar-refractivity contribution is 5.89. The van der Waals surface area contributed by atoms with Gasteiger partial charge in [0.05, 0.1) is 6.10 Å². The summed E-state index contributed by atoms with van der Waals surface area (Å²) in [6, 6.07) is 1.85.